The second-order valence-electron chi connectivity index (χ2n) is 6.16. The SMILES string of the molecule is O=C(c1ccc(F)cc1)C1CCN(C(=O)CCc2ccsc2)CC1. The Morgan fingerprint density at radius 3 is 2.46 bits per heavy atom. The number of thiophene rings is 1. The second-order valence-corrected chi connectivity index (χ2v) is 6.94. The number of likely N-dealkylation sites (tertiary alicyclic amines) is 1. The van der Waals surface area contributed by atoms with Crippen LogP contribution < -0.4 is 0 Å². The van der Waals surface area contributed by atoms with Crippen molar-refractivity contribution in [2.24, 2.45) is 5.92 Å². The number of rotatable bonds is 5. The Balaban J connectivity index is 1.49. The van der Waals surface area contributed by atoms with E-state index >= 15 is 0 Å². The van der Waals surface area contributed by atoms with Crippen LogP contribution in [-0.4, -0.2) is 29.7 Å². The van der Waals surface area contributed by atoms with E-state index in [-0.39, 0.29) is 23.4 Å². The lowest BCUT2D eigenvalue weighted by Crippen LogP contribution is -2.40. The fourth-order valence-electron chi connectivity index (χ4n) is 3.09. The highest BCUT2D eigenvalue weighted by Gasteiger charge is 2.27. The number of hydrogen-bond donors (Lipinski definition) is 0. The Kier molecular flexibility index (Phi) is 5.41. The van der Waals surface area contributed by atoms with Crippen LogP contribution in [0.3, 0.4) is 0 Å². The summed E-state index contributed by atoms with van der Waals surface area (Å²) in [5.41, 5.74) is 1.76. The molecule has 2 aromatic rings. The van der Waals surface area contributed by atoms with Gasteiger partial charge in [0.25, 0.3) is 0 Å². The summed E-state index contributed by atoms with van der Waals surface area (Å²) in [5, 5.41) is 4.09. The smallest absolute Gasteiger partial charge is 0.222 e. The number of benzene rings is 1. The maximum Gasteiger partial charge on any atom is 0.222 e. The lowest BCUT2D eigenvalue weighted by molar-refractivity contribution is -0.132. The van der Waals surface area contributed by atoms with E-state index in [1.165, 1.54) is 29.8 Å². The highest BCUT2D eigenvalue weighted by Crippen LogP contribution is 2.23. The number of piperidine rings is 1. The van der Waals surface area contributed by atoms with Crippen LogP contribution in [-0.2, 0) is 11.2 Å². The normalized spacial score (nSPS) is 15.5. The average Bonchev–Trinajstić information content (AvgIpc) is 3.13. The number of ketones is 1. The molecule has 0 atom stereocenters. The summed E-state index contributed by atoms with van der Waals surface area (Å²) in [7, 11) is 0. The van der Waals surface area contributed by atoms with Crippen molar-refractivity contribution in [1.82, 2.24) is 4.90 Å². The fraction of sp³-hybridized carbons (Fsp3) is 0.368. The van der Waals surface area contributed by atoms with Gasteiger partial charge >= 0.3 is 0 Å². The number of halogens is 1. The first-order valence-corrected chi connectivity index (χ1v) is 9.16. The maximum atomic E-state index is 13.0. The summed E-state index contributed by atoms with van der Waals surface area (Å²) in [4.78, 5) is 26.6. The Hall–Kier alpha value is -2.01. The van der Waals surface area contributed by atoms with Crippen molar-refractivity contribution in [3.05, 3.63) is 58.0 Å². The minimum Gasteiger partial charge on any atom is -0.343 e. The molecular weight excluding hydrogens is 325 g/mol. The van der Waals surface area contributed by atoms with E-state index < -0.39 is 0 Å². The van der Waals surface area contributed by atoms with Crippen LogP contribution in [0.4, 0.5) is 4.39 Å². The molecule has 1 saturated heterocycles. The van der Waals surface area contributed by atoms with Crippen molar-refractivity contribution < 1.29 is 14.0 Å². The predicted molar refractivity (Wildman–Crippen MR) is 92.7 cm³/mol. The molecule has 24 heavy (non-hydrogen) atoms. The molecule has 1 aliphatic heterocycles. The monoisotopic (exact) mass is 345 g/mol. The zero-order valence-electron chi connectivity index (χ0n) is 13.4. The van der Waals surface area contributed by atoms with Crippen LogP contribution in [0.5, 0.6) is 0 Å². The van der Waals surface area contributed by atoms with Gasteiger partial charge in [-0.05, 0) is 65.9 Å². The van der Waals surface area contributed by atoms with Crippen molar-refractivity contribution in [2.45, 2.75) is 25.7 Å². The summed E-state index contributed by atoms with van der Waals surface area (Å²) in [6.45, 7) is 1.25. The molecule has 5 heteroatoms. The Morgan fingerprint density at radius 1 is 1.12 bits per heavy atom. The molecule has 0 saturated carbocycles. The molecule has 0 bridgehead atoms. The molecule has 1 fully saturated rings. The van der Waals surface area contributed by atoms with Crippen molar-refractivity contribution in [1.29, 1.82) is 0 Å². The van der Waals surface area contributed by atoms with E-state index in [9.17, 15) is 14.0 Å². The minimum absolute atomic E-state index is 0.0559. The molecule has 0 aliphatic carbocycles. The third-order valence-electron chi connectivity index (χ3n) is 4.55. The molecule has 126 valence electrons. The fourth-order valence-corrected chi connectivity index (χ4v) is 3.79. The van der Waals surface area contributed by atoms with E-state index in [0.29, 0.717) is 37.9 Å². The van der Waals surface area contributed by atoms with Crippen LogP contribution in [0.2, 0.25) is 0 Å². The molecule has 0 N–H and O–H groups in total. The van der Waals surface area contributed by atoms with Gasteiger partial charge in [0.2, 0.25) is 5.91 Å². The first-order valence-electron chi connectivity index (χ1n) is 8.22. The number of nitrogens with zero attached hydrogens (tertiary/aromatic N) is 1. The van der Waals surface area contributed by atoms with Crippen molar-refractivity contribution in [3.63, 3.8) is 0 Å². The van der Waals surface area contributed by atoms with E-state index in [2.05, 4.69) is 5.38 Å². The highest BCUT2D eigenvalue weighted by atomic mass is 32.1. The van der Waals surface area contributed by atoms with Gasteiger partial charge in [0.1, 0.15) is 5.82 Å². The first-order chi connectivity index (χ1) is 11.6. The Labute approximate surface area is 145 Å². The van der Waals surface area contributed by atoms with Crippen molar-refractivity contribution in [2.75, 3.05) is 13.1 Å². The van der Waals surface area contributed by atoms with Gasteiger partial charge in [-0.1, -0.05) is 0 Å². The number of hydrogen-bond acceptors (Lipinski definition) is 3. The molecule has 1 amide bonds. The van der Waals surface area contributed by atoms with Gasteiger partial charge in [-0.25, -0.2) is 4.39 Å². The molecule has 0 unspecified atom stereocenters. The van der Waals surface area contributed by atoms with Crippen molar-refractivity contribution in [3.8, 4) is 0 Å². The molecule has 0 spiro atoms. The molecule has 3 nitrogen and oxygen atoms in total. The molecule has 1 aliphatic rings. The zero-order chi connectivity index (χ0) is 16.9. The minimum atomic E-state index is -0.336. The number of carbonyl (C=O) groups is 2. The van der Waals surface area contributed by atoms with Gasteiger partial charge < -0.3 is 4.90 Å². The predicted octanol–water partition coefficient (Wildman–Crippen LogP) is 3.94. The van der Waals surface area contributed by atoms with E-state index in [1.54, 1.807) is 11.3 Å². The van der Waals surface area contributed by atoms with Gasteiger partial charge in [-0.2, -0.15) is 11.3 Å². The largest absolute Gasteiger partial charge is 0.343 e. The molecular formula is C19H20FNO2S. The van der Waals surface area contributed by atoms with Crippen LogP contribution in [0.15, 0.2) is 41.1 Å². The van der Waals surface area contributed by atoms with Gasteiger partial charge in [0.05, 0.1) is 0 Å². The Bertz CT molecular complexity index is 689. The van der Waals surface area contributed by atoms with Crippen molar-refractivity contribution >= 4 is 23.0 Å². The molecule has 1 aromatic heterocycles. The van der Waals surface area contributed by atoms with Gasteiger partial charge in [-0.3, -0.25) is 9.59 Å². The summed E-state index contributed by atoms with van der Waals surface area (Å²) in [5.74, 6) is -0.191. The second kappa shape index (κ2) is 7.71. The summed E-state index contributed by atoms with van der Waals surface area (Å²) >= 11 is 1.64. The van der Waals surface area contributed by atoms with Crippen LogP contribution in [0.25, 0.3) is 0 Å². The van der Waals surface area contributed by atoms with Crippen LogP contribution in [0.1, 0.15) is 35.2 Å². The lowest BCUT2D eigenvalue weighted by Gasteiger charge is -2.31. The third kappa shape index (κ3) is 4.09. The van der Waals surface area contributed by atoms with Gasteiger partial charge in [-0.15, -0.1) is 0 Å². The first kappa shape index (κ1) is 16.8. The Morgan fingerprint density at radius 2 is 1.83 bits per heavy atom. The summed E-state index contributed by atoms with van der Waals surface area (Å²) in [6, 6.07) is 7.75. The highest BCUT2D eigenvalue weighted by molar-refractivity contribution is 7.07. The summed E-state index contributed by atoms with van der Waals surface area (Å²) < 4.78 is 13.0. The van der Waals surface area contributed by atoms with E-state index in [4.69, 9.17) is 0 Å². The number of aryl methyl sites for hydroxylation is 1. The number of amides is 1. The van der Waals surface area contributed by atoms with Crippen LogP contribution in [0, 0.1) is 11.7 Å². The van der Waals surface area contributed by atoms with E-state index in [0.717, 1.165) is 6.42 Å². The molecule has 2 heterocycles. The lowest BCUT2D eigenvalue weighted by atomic mass is 9.88. The molecule has 3 rings (SSSR count). The van der Waals surface area contributed by atoms with Crippen LogP contribution >= 0.6 is 11.3 Å². The molecule has 0 radical (unpaired) electrons. The quantitative estimate of drug-likeness (QED) is 0.770. The third-order valence-corrected chi connectivity index (χ3v) is 5.29. The average molecular weight is 345 g/mol. The maximum absolute atomic E-state index is 13.0. The van der Waals surface area contributed by atoms with Gasteiger partial charge in [0.15, 0.2) is 5.78 Å². The number of carbonyl (C=O) groups excluding carboxylic acids is 2. The van der Waals surface area contributed by atoms with Gasteiger partial charge in [0, 0.05) is 31.0 Å². The van der Waals surface area contributed by atoms with E-state index in [1.807, 2.05) is 16.3 Å². The molecule has 1 aromatic carbocycles. The topological polar surface area (TPSA) is 37.4 Å². The zero-order valence-corrected chi connectivity index (χ0v) is 14.2. The summed E-state index contributed by atoms with van der Waals surface area (Å²) in [6.07, 6.45) is 2.66. The standard InChI is InChI=1S/C19H20FNO2S/c20-17-4-2-15(3-5-17)19(23)16-7-10-21(11-8-16)18(22)6-1-14-9-12-24-13-14/h2-5,9,12-13,16H,1,6-8,10-11H2. The number of Topliss-reactive ketones (excluding diaryl/α,β-unsaturated/α-hetero) is 1.